The molecule has 3 rings (SSSR count). The summed E-state index contributed by atoms with van der Waals surface area (Å²) in [5.74, 6) is 0.204. The Bertz CT molecular complexity index is 632. The average molecular weight is 282 g/mol. The number of carbonyl (C=O) groups is 1. The van der Waals surface area contributed by atoms with Crippen LogP contribution < -0.4 is 0 Å². The first-order chi connectivity index (χ1) is 10.1. The fourth-order valence-electron chi connectivity index (χ4n) is 3.48. The van der Waals surface area contributed by atoms with Crippen molar-refractivity contribution >= 4 is 5.78 Å². The van der Waals surface area contributed by atoms with Gasteiger partial charge < -0.3 is 4.74 Å². The monoisotopic (exact) mass is 282 g/mol. The lowest BCUT2D eigenvalue weighted by Gasteiger charge is -2.39. The van der Waals surface area contributed by atoms with Crippen molar-refractivity contribution in [1.82, 2.24) is 4.90 Å². The van der Waals surface area contributed by atoms with Gasteiger partial charge in [0.05, 0.1) is 24.6 Å². The molecule has 0 saturated carbocycles. The van der Waals surface area contributed by atoms with Crippen molar-refractivity contribution in [1.29, 1.82) is 5.26 Å². The van der Waals surface area contributed by atoms with E-state index in [2.05, 4.69) is 11.0 Å². The SMILES string of the molecule is COC1=CC2C(C#N)CC(C)(C1=O)N2Cc1ccccc1. The summed E-state index contributed by atoms with van der Waals surface area (Å²) in [6.45, 7) is 2.59. The number of benzene rings is 1. The lowest BCUT2D eigenvalue weighted by molar-refractivity contribution is -0.130. The first-order valence-corrected chi connectivity index (χ1v) is 7.11. The molecule has 0 aliphatic carbocycles. The van der Waals surface area contributed by atoms with Crippen molar-refractivity contribution in [3.8, 4) is 6.07 Å². The summed E-state index contributed by atoms with van der Waals surface area (Å²) in [6, 6.07) is 12.3. The minimum Gasteiger partial charge on any atom is -0.493 e. The second kappa shape index (κ2) is 5.01. The maximum atomic E-state index is 12.7. The summed E-state index contributed by atoms with van der Waals surface area (Å²) >= 11 is 0. The molecule has 2 aliphatic rings. The Morgan fingerprint density at radius 2 is 2.14 bits per heavy atom. The zero-order valence-electron chi connectivity index (χ0n) is 12.2. The average Bonchev–Trinajstić information content (AvgIpc) is 2.71. The van der Waals surface area contributed by atoms with Gasteiger partial charge in [-0.05, 0) is 25.0 Å². The van der Waals surface area contributed by atoms with Crippen LogP contribution in [0, 0.1) is 17.2 Å². The molecule has 0 spiro atoms. The highest BCUT2D eigenvalue weighted by molar-refractivity contribution is 6.02. The van der Waals surface area contributed by atoms with Gasteiger partial charge in [0.25, 0.3) is 0 Å². The highest BCUT2D eigenvalue weighted by Gasteiger charge is 2.56. The summed E-state index contributed by atoms with van der Waals surface area (Å²) in [5.41, 5.74) is 0.496. The molecule has 1 aromatic carbocycles. The van der Waals surface area contributed by atoms with Crippen molar-refractivity contribution in [3.05, 3.63) is 47.7 Å². The number of fused-ring (bicyclic) bond motifs is 2. The third-order valence-electron chi connectivity index (χ3n) is 4.64. The number of rotatable bonds is 3. The normalized spacial score (nSPS) is 31.7. The molecule has 2 heterocycles. The quantitative estimate of drug-likeness (QED) is 0.853. The Morgan fingerprint density at radius 1 is 1.43 bits per heavy atom. The van der Waals surface area contributed by atoms with E-state index in [4.69, 9.17) is 4.74 Å². The molecular weight excluding hydrogens is 264 g/mol. The third-order valence-corrected chi connectivity index (χ3v) is 4.64. The number of Topliss-reactive ketones (excluding diaryl/α,β-unsaturated/α-hetero) is 1. The van der Waals surface area contributed by atoms with Crippen LogP contribution in [0.2, 0.25) is 0 Å². The molecule has 0 aromatic heterocycles. The number of hydrogen-bond acceptors (Lipinski definition) is 4. The predicted octanol–water partition coefficient (Wildman–Crippen LogP) is 2.27. The lowest BCUT2D eigenvalue weighted by Crippen LogP contribution is -2.53. The summed E-state index contributed by atoms with van der Waals surface area (Å²) in [7, 11) is 1.51. The van der Waals surface area contributed by atoms with Crippen LogP contribution in [0.1, 0.15) is 18.9 Å². The van der Waals surface area contributed by atoms with Gasteiger partial charge in [-0.15, -0.1) is 0 Å². The molecular formula is C17H18N2O2. The number of carbonyl (C=O) groups excluding carboxylic acids is 1. The number of nitrogens with zero attached hydrogens (tertiary/aromatic N) is 2. The van der Waals surface area contributed by atoms with E-state index < -0.39 is 5.54 Å². The van der Waals surface area contributed by atoms with Gasteiger partial charge in [-0.3, -0.25) is 9.69 Å². The van der Waals surface area contributed by atoms with Gasteiger partial charge in [0.15, 0.2) is 5.76 Å². The van der Waals surface area contributed by atoms with E-state index in [1.807, 2.05) is 43.3 Å². The number of ketones is 1. The fourth-order valence-corrected chi connectivity index (χ4v) is 3.48. The molecule has 1 fully saturated rings. The van der Waals surface area contributed by atoms with E-state index in [1.165, 1.54) is 7.11 Å². The topological polar surface area (TPSA) is 53.3 Å². The highest BCUT2D eigenvalue weighted by Crippen LogP contribution is 2.45. The molecule has 4 nitrogen and oxygen atoms in total. The van der Waals surface area contributed by atoms with Gasteiger partial charge in [-0.1, -0.05) is 30.3 Å². The molecule has 4 heteroatoms. The number of ether oxygens (including phenoxy) is 1. The molecule has 1 aromatic rings. The second-order valence-electron chi connectivity index (χ2n) is 5.88. The zero-order chi connectivity index (χ0) is 15.0. The Balaban J connectivity index is 1.99. The van der Waals surface area contributed by atoms with Crippen molar-refractivity contribution in [2.45, 2.75) is 31.5 Å². The Kier molecular flexibility index (Phi) is 3.30. The maximum absolute atomic E-state index is 12.7. The smallest absolute Gasteiger partial charge is 0.217 e. The van der Waals surface area contributed by atoms with E-state index >= 15 is 0 Å². The van der Waals surface area contributed by atoms with Gasteiger partial charge in [-0.2, -0.15) is 5.26 Å². The van der Waals surface area contributed by atoms with E-state index in [1.54, 1.807) is 0 Å². The van der Waals surface area contributed by atoms with E-state index in [9.17, 15) is 10.1 Å². The molecule has 21 heavy (non-hydrogen) atoms. The lowest BCUT2D eigenvalue weighted by atomic mass is 9.89. The van der Waals surface area contributed by atoms with Gasteiger partial charge in [0.2, 0.25) is 5.78 Å². The highest BCUT2D eigenvalue weighted by atomic mass is 16.5. The van der Waals surface area contributed by atoms with Crippen LogP contribution in [0.4, 0.5) is 0 Å². The van der Waals surface area contributed by atoms with Gasteiger partial charge in [0.1, 0.15) is 0 Å². The molecule has 108 valence electrons. The molecule has 1 saturated heterocycles. The molecule has 2 aliphatic heterocycles. The molecule has 0 radical (unpaired) electrons. The molecule has 3 unspecified atom stereocenters. The van der Waals surface area contributed by atoms with E-state index in [-0.39, 0.29) is 17.7 Å². The molecule has 0 N–H and O–H groups in total. The van der Waals surface area contributed by atoms with Crippen molar-refractivity contribution in [3.63, 3.8) is 0 Å². The Hall–Kier alpha value is -2.12. The predicted molar refractivity (Wildman–Crippen MR) is 78.0 cm³/mol. The van der Waals surface area contributed by atoms with Crippen LogP contribution in [0.25, 0.3) is 0 Å². The van der Waals surface area contributed by atoms with Crippen LogP contribution in [0.5, 0.6) is 0 Å². The number of nitriles is 1. The number of methoxy groups -OCH3 is 1. The molecule has 0 amide bonds. The van der Waals surface area contributed by atoms with Crippen LogP contribution in [-0.2, 0) is 16.1 Å². The van der Waals surface area contributed by atoms with Crippen LogP contribution in [-0.4, -0.2) is 29.4 Å². The summed E-state index contributed by atoms with van der Waals surface area (Å²) < 4.78 is 5.22. The minimum absolute atomic E-state index is 0.0186. The van der Waals surface area contributed by atoms with E-state index in [0.29, 0.717) is 18.7 Å². The molecule has 2 bridgehead atoms. The first-order valence-electron chi connectivity index (χ1n) is 7.11. The van der Waals surface area contributed by atoms with Crippen LogP contribution >= 0.6 is 0 Å². The van der Waals surface area contributed by atoms with Crippen molar-refractivity contribution in [2.24, 2.45) is 5.92 Å². The maximum Gasteiger partial charge on any atom is 0.217 e. The van der Waals surface area contributed by atoms with Gasteiger partial charge in [-0.25, -0.2) is 0 Å². The molecule has 3 atom stereocenters. The van der Waals surface area contributed by atoms with E-state index in [0.717, 1.165) is 5.56 Å². The first kappa shape index (κ1) is 13.8. The zero-order valence-corrected chi connectivity index (χ0v) is 12.2. The van der Waals surface area contributed by atoms with Crippen molar-refractivity contribution in [2.75, 3.05) is 7.11 Å². The number of hydrogen-bond donors (Lipinski definition) is 0. The van der Waals surface area contributed by atoms with Gasteiger partial charge >= 0.3 is 0 Å². The van der Waals surface area contributed by atoms with Crippen LogP contribution in [0.3, 0.4) is 0 Å². The minimum atomic E-state index is -0.652. The van der Waals surface area contributed by atoms with Gasteiger partial charge in [0, 0.05) is 12.6 Å². The van der Waals surface area contributed by atoms with Crippen molar-refractivity contribution < 1.29 is 9.53 Å². The van der Waals surface area contributed by atoms with Crippen LogP contribution in [0.15, 0.2) is 42.2 Å². The Labute approximate surface area is 124 Å². The standard InChI is InChI=1S/C17H18N2O2/c1-17-9-13(10-18)14(8-15(21-2)16(17)20)19(17)11-12-6-4-3-5-7-12/h3-8,13-14H,9,11H2,1-2H3. The summed E-state index contributed by atoms with van der Waals surface area (Å²) in [4.78, 5) is 14.8. The fraction of sp³-hybridized carbons (Fsp3) is 0.412. The third kappa shape index (κ3) is 2.05. The second-order valence-corrected chi connectivity index (χ2v) is 5.88. The summed E-state index contributed by atoms with van der Waals surface area (Å²) in [5, 5.41) is 9.40. The largest absolute Gasteiger partial charge is 0.493 e. The summed E-state index contributed by atoms with van der Waals surface area (Å²) in [6.07, 6.45) is 2.37. The Morgan fingerprint density at radius 3 is 2.76 bits per heavy atom.